The number of carbonyl (C=O) groups is 2. The molecule has 0 aliphatic carbocycles. The van der Waals surface area contributed by atoms with Gasteiger partial charge in [0.1, 0.15) is 5.60 Å². The zero-order chi connectivity index (χ0) is 28.6. The van der Waals surface area contributed by atoms with E-state index < -0.39 is 21.5 Å². The highest BCUT2D eigenvalue weighted by atomic mass is 32.2. The summed E-state index contributed by atoms with van der Waals surface area (Å²) in [5.74, 6) is 0.0637. The van der Waals surface area contributed by atoms with Gasteiger partial charge in [-0.15, -0.1) is 0 Å². The minimum Gasteiger partial charge on any atom is -0.444 e. The molecule has 39 heavy (non-hydrogen) atoms. The number of hydrogen-bond acceptors (Lipinski definition) is 6. The number of ether oxygens (including phenoxy) is 1. The fourth-order valence-corrected chi connectivity index (χ4v) is 5.62. The molecule has 1 atom stereocenters. The molecule has 1 saturated heterocycles. The van der Waals surface area contributed by atoms with Gasteiger partial charge >= 0.3 is 6.09 Å². The van der Waals surface area contributed by atoms with Gasteiger partial charge in [-0.25, -0.2) is 13.2 Å². The second-order valence-corrected chi connectivity index (χ2v) is 13.3. The lowest BCUT2D eigenvalue weighted by Gasteiger charge is -2.38. The average Bonchev–Trinajstić information content (AvgIpc) is 2.87. The smallest absolute Gasteiger partial charge is 0.408 e. The summed E-state index contributed by atoms with van der Waals surface area (Å²) in [6.07, 6.45) is 3.56. The number of amides is 2. The Labute approximate surface area is 233 Å². The third-order valence-corrected chi connectivity index (χ3v) is 8.12. The number of nitrogens with one attached hydrogen (secondary N) is 1. The Bertz CT molecular complexity index is 1190. The molecule has 0 saturated carbocycles. The van der Waals surface area contributed by atoms with Crippen molar-refractivity contribution in [2.75, 3.05) is 32.4 Å². The number of nitrogens with zero attached hydrogens (tertiary/aromatic N) is 2. The molecule has 0 spiro atoms. The molecular formula is C30H43N3O5S. The summed E-state index contributed by atoms with van der Waals surface area (Å²) in [4.78, 5) is 30.2. The molecule has 1 heterocycles. The molecular weight excluding hydrogens is 514 g/mol. The molecule has 1 N–H and O–H groups in total. The van der Waals surface area contributed by atoms with E-state index in [1.54, 1.807) is 24.3 Å². The lowest BCUT2D eigenvalue weighted by molar-refractivity contribution is -0.133. The summed E-state index contributed by atoms with van der Waals surface area (Å²) in [5, 5.41) is 3.04. The first-order valence-corrected chi connectivity index (χ1v) is 15.6. The summed E-state index contributed by atoms with van der Waals surface area (Å²) in [7, 11) is -3.26. The molecule has 2 amide bonds. The maximum Gasteiger partial charge on any atom is 0.408 e. The monoisotopic (exact) mass is 557 g/mol. The van der Waals surface area contributed by atoms with Crippen LogP contribution in [0, 0.1) is 0 Å². The predicted octanol–water partition coefficient (Wildman–Crippen LogP) is 4.60. The van der Waals surface area contributed by atoms with Crippen LogP contribution in [-0.2, 0) is 25.8 Å². The van der Waals surface area contributed by atoms with Crippen LogP contribution in [0.1, 0.15) is 64.1 Å². The van der Waals surface area contributed by atoms with E-state index in [0.717, 1.165) is 50.0 Å². The van der Waals surface area contributed by atoms with Gasteiger partial charge in [-0.3, -0.25) is 4.79 Å². The largest absolute Gasteiger partial charge is 0.444 e. The summed E-state index contributed by atoms with van der Waals surface area (Å²) >= 11 is 0. The molecule has 9 heteroatoms. The molecule has 1 unspecified atom stereocenters. The third-order valence-electron chi connectivity index (χ3n) is 6.99. The quantitative estimate of drug-likeness (QED) is 0.459. The first-order valence-electron chi connectivity index (χ1n) is 13.7. The maximum absolute atomic E-state index is 13.1. The van der Waals surface area contributed by atoms with E-state index in [-0.39, 0.29) is 29.3 Å². The Hall–Kier alpha value is -2.91. The summed E-state index contributed by atoms with van der Waals surface area (Å²) in [6, 6.07) is 16.5. The lowest BCUT2D eigenvalue weighted by atomic mass is 10.00. The van der Waals surface area contributed by atoms with Gasteiger partial charge in [-0.05, 0) is 70.2 Å². The second kappa shape index (κ2) is 13.4. The highest BCUT2D eigenvalue weighted by molar-refractivity contribution is 7.90. The normalized spacial score (nSPS) is 15.9. The number of hydrogen-bond donors (Lipinski definition) is 1. The number of piperidine rings is 1. The van der Waals surface area contributed by atoms with Crippen molar-refractivity contribution in [1.29, 1.82) is 0 Å². The van der Waals surface area contributed by atoms with Gasteiger partial charge in [0, 0.05) is 38.5 Å². The first-order chi connectivity index (χ1) is 18.4. The van der Waals surface area contributed by atoms with Gasteiger partial charge in [-0.2, -0.15) is 0 Å². The number of likely N-dealkylation sites (N-methyl/N-ethyl adjacent to an activating group) is 1. The summed E-state index contributed by atoms with van der Waals surface area (Å²) < 4.78 is 28.9. The third kappa shape index (κ3) is 9.65. The zero-order valence-corrected chi connectivity index (χ0v) is 24.7. The SMILES string of the molecule is CCN(C(=O)Cc1ccc(S(C)(=O)=O)cc1)C1CCN(CCC(NC(=O)OC(C)(C)C)c2ccccc2)CC1. The van der Waals surface area contributed by atoms with Crippen molar-refractivity contribution < 1.29 is 22.7 Å². The van der Waals surface area contributed by atoms with Crippen LogP contribution in [0.4, 0.5) is 4.79 Å². The molecule has 214 valence electrons. The number of benzene rings is 2. The molecule has 8 nitrogen and oxygen atoms in total. The van der Waals surface area contributed by atoms with E-state index in [1.165, 1.54) is 6.26 Å². The summed E-state index contributed by atoms with van der Waals surface area (Å²) in [5.41, 5.74) is 1.30. The van der Waals surface area contributed by atoms with Crippen molar-refractivity contribution in [2.45, 2.75) is 76.0 Å². The minimum absolute atomic E-state index is 0.0637. The van der Waals surface area contributed by atoms with Crippen molar-refractivity contribution in [3.05, 3.63) is 65.7 Å². The van der Waals surface area contributed by atoms with E-state index in [0.29, 0.717) is 6.54 Å². The summed E-state index contributed by atoms with van der Waals surface area (Å²) in [6.45, 7) is 10.8. The van der Waals surface area contributed by atoms with E-state index in [2.05, 4.69) is 10.2 Å². The highest BCUT2D eigenvalue weighted by Gasteiger charge is 2.28. The van der Waals surface area contributed by atoms with E-state index in [9.17, 15) is 18.0 Å². The molecule has 0 bridgehead atoms. The topological polar surface area (TPSA) is 96.0 Å². The van der Waals surface area contributed by atoms with Crippen LogP contribution in [0.2, 0.25) is 0 Å². The molecule has 0 aromatic heterocycles. The van der Waals surface area contributed by atoms with Crippen LogP contribution >= 0.6 is 0 Å². The van der Waals surface area contributed by atoms with Gasteiger partial charge in [-0.1, -0.05) is 42.5 Å². The van der Waals surface area contributed by atoms with Gasteiger partial charge in [0.15, 0.2) is 9.84 Å². The zero-order valence-electron chi connectivity index (χ0n) is 23.9. The van der Waals surface area contributed by atoms with Crippen LogP contribution in [0.15, 0.2) is 59.5 Å². The number of likely N-dealkylation sites (tertiary alicyclic amines) is 1. The average molecular weight is 558 g/mol. The first kappa shape index (κ1) is 30.6. The van der Waals surface area contributed by atoms with Crippen molar-refractivity contribution in [2.24, 2.45) is 0 Å². The van der Waals surface area contributed by atoms with Crippen molar-refractivity contribution in [3.8, 4) is 0 Å². The van der Waals surface area contributed by atoms with Gasteiger partial charge in [0.25, 0.3) is 0 Å². The number of sulfone groups is 1. The Morgan fingerprint density at radius 3 is 2.21 bits per heavy atom. The van der Waals surface area contributed by atoms with E-state index >= 15 is 0 Å². The lowest BCUT2D eigenvalue weighted by Crippen LogP contribution is -2.48. The molecule has 3 rings (SSSR count). The predicted molar refractivity (Wildman–Crippen MR) is 153 cm³/mol. The number of rotatable bonds is 10. The molecule has 1 aliphatic rings. The van der Waals surface area contributed by atoms with Crippen molar-refractivity contribution in [1.82, 2.24) is 15.1 Å². The fourth-order valence-electron chi connectivity index (χ4n) is 4.99. The van der Waals surface area contributed by atoms with Crippen molar-refractivity contribution in [3.63, 3.8) is 0 Å². The number of alkyl carbamates (subject to hydrolysis) is 1. The van der Waals surface area contributed by atoms with Gasteiger partial charge in [0.2, 0.25) is 5.91 Å². The fraction of sp³-hybridized carbons (Fsp3) is 0.533. The second-order valence-electron chi connectivity index (χ2n) is 11.2. The minimum atomic E-state index is -3.26. The molecule has 1 fully saturated rings. The Balaban J connectivity index is 1.53. The van der Waals surface area contributed by atoms with Crippen LogP contribution in [0.25, 0.3) is 0 Å². The van der Waals surface area contributed by atoms with E-state index in [1.807, 2.05) is 62.9 Å². The Kier molecular flexibility index (Phi) is 10.6. The molecule has 1 aliphatic heterocycles. The van der Waals surface area contributed by atoms with Gasteiger partial charge in [0.05, 0.1) is 17.4 Å². The highest BCUT2D eigenvalue weighted by Crippen LogP contribution is 2.22. The Morgan fingerprint density at radius 2 is 1.67 bits per heavy atom. The number of carbonyl (C=O) groups excluding carboxylic acids is 2. The van der Waals surface area contributed by atoms with E-state index in [4.69, 9.17) is 4.74 Å². The van der Waals surface area contributed by atoms with Crippen LogP contribution in [-0.4, -0.2) is 74.3 Å². The molecule has 2 aromatic rings. The van der Waals surface area contributed by atoms with Gasteiger partial charge < -0.3 is 19.9 Å². The van der Waals surface area contributed by atoms with Crippen LogP contribution in [0.3, 0.4) is 0 Å². The van der Waals surface area contributed by atoms with Crippen molar-refractivity contribution >= 4 is 21.8 Å². The molecule has 0 radical (unpaired) electrons. The Morgan fingerprint density at radius 1 is 1.05 bits per heavy atom. The molecule has 2 aromatic carbocycles. The van der Waals surface area contributed by atoms with Crippen LogP contribution in [0.5, 0.6) is 0 Å². The standard InChI is InChI=1S/C30H43N3O5S/c1-6-33(28(34)22-23-12-14-26(15-13-23)39(5,36)37)25-16-19-32(20-17-25)21-18-27(24-10-8-7-9-11-24)31-29(35)38-30(2,3)4/h7-15,25,27H,6,16-22H2,1-5H3,(H,31,35). The maximum atomic E-state index is 13.1. The van der Waals surface area contributed by atoms with Crippen LogP contribution < -0.4 is 5.32 Å².